The number of carbonyl (C=O) groups is 2. The van der Waals surface area contributed by atoms with Crippen LogP contribution in [0.5, 0.6) is 5.75 Å². The summed E-state index contributed by atoms with van der Waals surface area (Å²) in [6, 6.07) is 7.09. The molecule has 2 rings (SSSR count). The number of ether oxygens (including phenoxy) is 1. The van der Waals surface area contributed by atoms with Crippen molar-refractivity contribution in [2.45, 2.75) is 45.7 Å². The van der Waals surface area contributed by atoms with Crippen LogP contribution in [-0.4, -0.2) is 82.7 Å². The first-order valence-electron chi connectivity index (χ1n) is 10.0. The topological polar surface area (TPSA) is 73.3 Å². The maximum Gasteiger partial charge on any atom is 0.408 e. The zero-order chi connectivity index (χ0) is 21.6. The second-order valence-electron chi connectivity index (χ2n) is 8.32. The van der Waals surface area contributed by atoms with Crippen molar-refractivity contribution in [2.75, 3.05) is 39.3 Å². The number of nitrogens with zero attached hydrogens (tertiary/aromatic N) is 3. The summed E-state index contributed by atoms with van der Waals surface area (Å²) in [5.74, 6) is 0.736. The highest BCUT2D eigenvalue weighted by Crippen LogP contribution is 2.20. The lowest BCUT2D eigenvalue weighted by atomic mass is 10.0. The number of rotatable bonds is 7. The molecule has 1 atom stereocenters. The number of benzene rings is 1. The fourth-order valence-electron chi connectivity index (χ4n) is 3.61. The van der Waals surface area contributed by atoms with Crippen molar-refractivity contribution in [1.82, 2.24) is 14.7 Å². The van der Waals surface area contributed by atoms with E-state index in [1.807, 2.05) is 24.3 Å². The summed E-state index contributed by atoms with van der Waals surface area (Å²) in [4.78, 5) is 29.8. The number of hydrogen-bond donors (Lipinski definition) is 1. The summed E-state index contributed by atoms with van der Waals surface area (Å²) < 4.78 is 6.78. The smallest absolute Gasteiger partial charge is 0.408 e. The molecule has 1 aliphatic rings. The van der Waals surface area contributed by atoms with Crippen LogP contribution < -0.4 is 4.74 Å². The van der Waals surface area contributed by atoms with Crippen molar-refractivity contribution in [2.24, 2.45) is 0 Å². The molecule has 1 fully saturated rings. The monoisotopic (exact) mass is 469 g/mol. The van der Waals surface area contributed by atoms with E-state index in [0.717, 1.165) is 36.3 Å². The summed E-state index contributed by atoms with van der Waals surface area (Å²) in [7, 11) is 0. The van der Waals surface area contributed by atoms with Crippen LogP contribution in [0.15, 0.2) is 28.7 Å². The van der Waals surface area contributed by atoms with Crippen LogP contribution in [0.4, 0.5) is 4.79 Å². The van der Waals surface area contributed by atoms with Crippen LogP contribution in [0.1, 0.15) is 34.1 Å². The van der Waals surface area contributed by atoms with Gasteiger partial charge in [-0.2, -0.15) is 0 Å². The van der Waals surface area contributed by atoms with Crippen molar-refractivity contribution >= 4 is 27.9 Å². The van der Waals surface area contributed by atoms with Crippen LogP contribution in [0.2, 0.25) is 0 Å². The van der Waals surface area contributed by atoms with E-state index in [1.54, 1.807) is 32.6 Å². The SMILES string of the molecule is C[C@@H](C(=O)N1CCN(CCCOc2ccc(Br)cc2)CC1)N(C(=O)O)C(C)(C)C. The highest BCUT2D eigenvalue weighted by atomic mass is 79.9. The largest absolute Gasteiger partial charge is 0.494 e. The summed E-state index contributed by atoms with van der Waals surface area (Å²) in [6.45, 7) is 11.5. The first kappa shape index (κ1) is 23.5. The molecule has 1 aliphatic heterocycles. The van der Waals surface area contributed by atoms with Gasteiger partial charge in [0, 0.05) is 42.7 Å². The Kier molecular flexibility index (Phi) is 8.34. The van der Waals surface area contributed by atoms with Crippen molar-refractivity contribution in [1.29, 1.82) is 0 Å². The molecule has 1 aromatic carbocycles. The van der Waals surface area contributed by atoms with Crippen LogP contribution >= 0.6 is 15.9 Å². The summed E-state index contributed by atoms with van der Waals surface area (Å²) in [5, 5.41) is 9.52. The van der Waals surface area contributed by atoms with Crippen LogP contribution in [0.25, 0.3) is 0 Å². The van der Waals surface area contributed by atoms with E-state index in [2.05, 4.69) is 20.8 Å². The highest BCUT2D eigenvalue weighted by Gasteiger charge is 2.37. The van der Waals surface area contributed by atoms with Gasteiger partial charge >= 0.3 is 6.09 Å². The molecule has 0 saturated carbocycles. The van der Waals surface area contributed by atoms with E-state index >= 15 is 0 Å². The fraction of sp³-hybridized carbons (Fsp3) is 0.619. The summed E-state index contributed by atoms with van der Waals surface area (Å²) in [5.41, 5.74) is -0.627. The number of halogens is 1. The average molecular weight is 470 g/mol. The normalized spacial score (nSPS) is 16.4. The molecular formula is C21H32BrN3O4. The lowest BCUT2D eigenvalue weighted by Crippen LogP contribution is -2.59. The Hall–Kier alpha value is -1.80. The van der Waals surface area contributed by atoms with Crippen molar-refractivity contribution in [3.63, 3.8) is 0 Å². The molecule has 0 unspecified atom stereocenters. The number of carboxylic acid groups (broad SMARTS) is 1. The van der Waals surface area contributed by atoms with Gasteiger partial charge in [0.1, 0.15) is 11.8 Å². The van der Waals surface area contributed by atoms with E-state index in [0.29, 0.717) is 19.7 Å². The molecule has 0 aromatic heterocycles. The van der Waals surface area contributed by atoms with E-state index < -0.39 is 17.7 Å². The third-order valence-electron chi connectivity index (χ3n) is 5.06. The maximum atomic E-state index is 12.8. The number of piperazine rings is 1. The molecule has 0 spiro atoms. The second-order valence-corrected chi connectivity index (χ2v) is 9.24. The molecule has 7 nitrogen and oxygen atoms in total. The van der Waals surface area contributed by atoms with E-state index in [1.165, 1.54) is 4.90 Å². The van der Waals surface area contributed by atoms with Gasteiger partial charge in [0.25, 0.3) is 0 Å². The van der Waals surface area contributed by atoms with Gasteiger partial charge in [0.05, 0.1) is 6.61 Å². The van der Waals surface area contributed by atoms with Gasteiger partial charge in [-0.15, -0.1) is 0 Å². The number of hydrogen-bond acceptors (Lipinski definition) is 4. The van der Waals surface area contributed by atoms with Crippen LogP contribution in [0, 0.1) is 0 Å². The van der Waals surface area contributed by atoms with Crippen molar-refractivity contribution < 1.29 is 19.4 Å². The zero-order valence-electron chi connectivity index (χ0n) is 17.7. The van der Waals surface area contributed by atoms with Gasteiger partial charge in [-0.3, -0.25) is 14.6 Å². The molecule has 0 radical (unpaired) electrons. The molecule has 0 aliphatic carbocycles. The highest BCUT2D eigenvalue weighted by molar-refractivity contribution is 9.10. The van der Waals surface area contributed by atoms with Gasteiger partial charge in [-0.05, 0) is 58.4 Å². The predicted octanol–water partition coefficient (Wildman–Crippen LogP) is 3.53. The Labute approximate surface area is 181 Å². The van der Waals surface area contributed by atoms with Crippen molar-refractivity contribution in [3.8, 4) is 5.75 Å². The number of amides is 2. The molecular weight excluding hydrogens is 438 g/mol. The maximum absolute atomic E-state index is 12.8. The molecule has 29 heavy (non-hydrogen) atoms. The quantitative estimate of drug-likeness (QED) is 0.618. The second kappa shape index (κ2) is 10.3. The minimum Gasteiger partial charge on any atom is -0.494 e. The van der Waals surface area contributed by atoms with Gasteiger partial charge < -0.3 is 14.7 Å². The Balaban J connectivity index is 1.74. The average Bonchev–Trinajstić information content (AvgIpc) is 2.65. The molecule has 1 aromatic rings. The summed E-state index contributed by atoms with van der Waals surface area (Å²) >= 11 is 3.41. The van der Waals surface area contributed by atoms with Crippen LogP contribution in [0.3, 0.4) is 0 Å². The first-order chi connectivity index (χ1) is 13.6. The predicted molar refractivity (Wildman–Crippen MR) is 116 cm³/mol. The summed E-state index contributed by atoms with van der Waals surface area (Å²) in [6.07, 6.45) is -0.153. The van der Waals surface area contributed by atoms with E-state index in [4.69, 9.17) is 4.74 Å². The fourth-order valence-corrected chi connectivity index (χ4v) is 3.87. The van der Waals surface area contributed by atoms with E-state index in [9.17, 15) is 14.7 Å². The number of carbonyl (C=O) groups excluding carboxylic acids is 1. The standard InChI is InChI=1S/C21H32BrN3O4/c1-16(25(20(27)28)21(2,3)4)19(26)24-13-11-23(12-14-24)10-5-15-29-18-8-6-17(22)7-9-18/h6-9,16H,5,10-15H2,1-4H3,(H,27,28)/t16-/m0/s1. The van der Waals surface area contributed by atoms with Gasteiger partial charge in [0.15, 0.2) is 0 Å². The Bertz CT molecular complexity index is 682. The third kappa shape index (κ3) is 6.89. The first-order valence-corrected chi connectivity index (χ1v) is 10.8. The van der Waals surface area contributed by atoms with Crippen LogP contribution in [-0.2, 0) is 4.79 Å². The zero-order valence-corrected chi connectivity index (χ0v) is 19.3. The molecule has 2 amide bonds. The molecule has 1 N–H and O–H groups in total. The third-order valence-corrected chi connectivity index (χ3v) is 5.59. The minimum absolute atomic E-state index is 0.124. The Morgan fingerprint density at radius 3 is 2.28 bits per heavy atom. The molecule has 8 heteroatoms. The van der Waals surface area contributed by atoms with E-state index in [-0.39, 0.29) is 5.91 Å². The minimum atomic E-state index is -1.07. The molecule has 1 saturated heterocycles. The van der Waals surface area contributed by atoms with Crippen molar-refractivity contribution in [3.05, 3.63) is 28.7 Å². The molecule has 1 heterocycles. The molecule has 0 bridgehead atoms. The van der Waals surface area contributed by atoms with Gasteiger partial charge in [-0.25, -0.2) is 4.79 Å². The Morgan fingerprint density at radius 2 is 1.76 bits per heavy atom. The molecule has 162 valence electrons. The van der Waals surface area contributed by atoms with Gasteiger partial charge in [0.2, 0.25) is 5.91 Å². The lowest BCUT2D eigenvalue weighted by molar-refractivity contribution is -0.139. The Morgan fingerprint density at radius 1 is 1.17 bits per heavy atom. The van der Waals surface area contributed by atoms with Gasteiger partial charge in [-0.1, -0.05) is 15.9 Å². The lowest BCUT2D eigenvalue weighted by Gasteiger charge is -2.41.